The maximum Gasteiger partial charge on any atom is 0.319 e. The minimum Gasteiger partial charge on any atom is -0.334 e. The van der Waals surface area contributed by atoms with Crippen LogP contribution >= 0.6 is 11.6 Å². The van der Waals surface area contributed by atoms with Crippen molar-refractivity contribution in [1.82, 2.24) is 10.6 Å². The molecule has 0 unspecified atom stereocenters. The lowest BCUT2D eigenvalue weighted by molar-refractivity contribution is 0.243. The predicted octanol–water partition coefficient (Wildman–Crippen LogP) is 6.62. The van der Waals surface area contributed by atoms with Crippen molar-refractivity contribution < 1.29 is 4.79 Å². The third-order valence-corrected chi connectivity index (χ3v) is 3.56. The number of halogens is 1. The molecule has 1 rings (SSSR count). The van der Waals surface area contributed by atoms with E-state index in [1.165, 1.54) is 12.8 Å². The van der Waals surface area contributed by atoms with Crippen LogP contribution in [-0.2, 0) is 6.54 Å². The van der Waals surface area contributed by atoms with Crippen molar-refractivity contribution in [1.29, 1.82) is 0 Å². The molecule has 0 aliphatic heterocycles. The van der Waals surface area contributed by atoms with E-state index in [1.54, 1.807) is 18.2 Å². The zero-order chi connectivity index (χ0) is 19.9. The first-order valence-corrected chi connectivity index (χ1v) is 9.43. The van der Waals surface area contributed by atoms with Crippen LogP contribution in [0, 0.1) is 5.92 Å². The number of amides is 2. The van der Waals surface area contributed by atoms with Crippen molar-refractivity contribution in [3.8, 4) is 0 Å². The number of hydrogen-bond acceptors (Lipinski definition) is 1. The molecule has 4 heteroatoms. The summed E-state index contributed by atoms with van der Waals surface area (Å²) in [5, 5.41) is 6.17. The van der Waals surface area contributed by atoms with Gasteiger partial charge in [-0.3, -0.25) is 0 Å². The molecule has 2 N–H and O–H groups in total. The lowest BCUT2D eigenvalue weighted by Crippen LogP contribution is -2.34. The number of urea groups is 1. The summed E-state index contributed by atoms with van der Waals surface area (Å²) in [6.07, 6.45) is 8.03. The molecule has 1 aromatic carbocycles. The van der Waals surface area contributed by atoms with Crippen molar-refractivity contribution in [2.45, 2.75) is 54.0 Å². The Balaban J connectivity index is 0.000000896. The van der Waals surface area contributed by atoms with E-state index in [4.69, 9.17) is 11.6 Å². The number of carbonyl (C=O) groups excluding carboxylic acids is 1. The minimum atomic E-state index is -0.270. The molecule has 0 bridgehead atoms. The number of carbonyl (C=O) groups is 1. The molecule has 3 nitrogen and oxygen atoms in total. The molecule has 1 aromatic rings. The second kappa shape index (κ2) is 14.2. The third kappa shape index (κ3) is 13.3. The van der Waals surface area contributed by atoms with E-state index >= 15 is 0 Å². The molecule has 0 spiro atoms. The minimum absolute atomic E-state index is 0.270. The average Bonchev–Trinajstić information content (AvgIpc) is 2.58. The summed E-state index contributed by atoms with van der Waals surface area (Å²) in [4.78, 5) is 11.7. The highest BCUT2D eigenvalue weighted by molar-refractivity contribution is 6.30. The van der Waals surface area contributed by atoms with Gasteiger partial charge in [0.25, 0.3) is 0 Å². The Morgan fingerprint density at radius 1 is 1.19 bits per heavy atom. The highest BCUT2D eigenvalue weighted by atomic mass is 35.5. The Hall–Kier alpha value is -2.00. The van der Waals surface area contributed by atoms with Gasteiger partial charge in [0.1, 0.15) is 0 Å². The summed E-state index contributed by atoms with van der Waals surface area (Å²) < 4.78 is 0. The highest BCUT2D eigenvalue weighted by Gasteiger charge is 2.01. The lowest BCUT2D eigenvalue weighted by atomic mass is 10.1. The van der Waals surface area contributed by atoms with Gasteiger partial charge in [0.2, 0.25) is 0 Å². The van der Waals surface area contributed by atoms with Crippen LogP contribution in [0.1, 0.15) is 53.0 Å². The molecule has 144 valence electrons. The predicted molar refractivity (Wildman–Crippen MR) is 114 cm³/mol. The van der Waals surface area contributed by atoms with Crippen LogP contribution in [0.3, 0.4) is 0 Å². The maximum atomic E-state index is 11.7. The summed E-state index contributed by atoms with van der Waals surface area (Å²) >= 11 is 5.80. The Bertz CT molecular complexity index is 597. The third-order valence-electron chi connectivity index (χ3n) is 3.31. The van der Waals surface area contributed by atoms with E-state index in [1.807, 2.05) is 38.1 Å². The van der Waals surface area contributed by atoms with Crippen molar-refractivity contribution in [2.24, 2.45) is 5.92 Å². The Labute approximate surface area is 164 Å². The summed E-state index contributed by atoms with van der Waals surface area (Å²) in [5.74, 6) is 0.898. The maximum absolute atomic E-state index is 11.7. The average molecular weight is 377 g/mol. The molecule has 0 saturated carbocycles. The van der Waals surface area contributed by atoms with Gasteiger partial charge in [0.05, 0.1) is 0 Å². The molecule has 0 aliphatic rings. The van der Waals surface area contributed by atoms with Crippen LogP contribution in [0.25, 0.3) is 0 Å². The Kier molecular flexibility index (Phi) is 13.1. The SMILES string of the molecule is C=C/C(=C\C=C(C)C)NC(=O)NCc1ccc(Cl)cc1.CCCC(C)C. The summed E-state index contributed by atoms with van der Waals surface area (Å²) in [6, 6.07) is 7.06. The monoisotopic (exact) mass is 376 g/mol. The number of benzene rings is 1. The fraction of sp³-hybridized carbons (Fsp3) is 0.409. The fourth-order valence-corrected chi connectivity index (χ4v) is 2.08. The number of nitrogens with one attached hydrogen (secondary N) is 2. The van der Waals surface area contributed by atoms with E-state index in [0.29, 0.717) is 17.3 Å². The molecule has 26 heavy (non-hydrogen) atoms. The lowest BCUT2D eigenvalue weighted by Gasteiger charge is -2.08. The Morgan fingerprint density at radius 2 is 1.81 bits per heavy atom. The first-order valence-electron chi connectivity index (χ1n) is 9.05. The summed E-state index contributed by atoms with van der Waals surface area (Å²) in [7, 11) is 0. The molecule has 0 aliphatic carbocycles. The smallest absolute Gasteiger partial charge is 0.319 e. The molecular formula is C22H33ClN2O. The quantitative estimate of drug-likeness (QED) is 0.516. The molecule has 0 aromatic heterocycles. The van der Waals surface area contributed by atoms with Gasteiger partial charge in [-0.1, -0.05) is 75.6 Å². The first kappa shape index (κ1) is 24.0. The second-order valence-electron chi connectivity index (χ2n) is 6.69. The van der Waals surface area contributed by atoms with Gasteiger partial charge in [0, 0.05) is 17.3 Å². The molecule has 0 saturated heterocycles. The van der Waals surface area contributed by atoms with Crippen LogP contribution in [-0.4, -0.2) is 6.03 Å². The van der Waals surface area contributed by atoms with Gasteiger partial charge in [-0.05, 0) is 49.6 Å². The molecular weight excluding hydrogens is 344 g/mol. The van der Waals surface area contributed by atoms with Crippen molar-refractivity contribution in [3.05, 3.63) is 70.9 Å². The van der Waals surface area contributed by atoms with Crippen LogP contribution < -0.4 is 10.6 Å². The fourth-order valence-electron chi connectivity index (χ4n) is 1.95. The number of rotatable bonds is 7. The largest absolute Gasteiger partial charge is 0.334 e. The zero-order valence-corrected chi connectivity index (χ0v) is 17.5. The van der Waals surface area contributed by atoms with Gasteiger partial charge >= 0.3 is 6.03 Å². The molecule has 0 radical (unpaired) electrons. The standard InChI is InChI=1S/C16H19ClN2O.C6H14/c1-4-15(10-5-12(2)3)19-16(20)18-11-13-6-8-14(17)9-7-13;1-4-5-6(2)3/h4-10H,1,11H2,2-3H3,(H2,18,19,20);6H,4-5H2,1-3H3/b15-10+;. The Morgan fingerprint density at radius 3 is 2.23 bits per heavy atom. The van der Waals surface area contributed by atoms with Gasteiger partial charge < -0.3 is 10.6 Å². The van der Waals surface area contributed by atoms with Gasteiger partial charge in [-0.25, -0.2) is 4.79 Å². The van der Waals surface area contributed by atoms with E-state index in [0.717, 1.165) is 17.1 Å². The number of hydrogen-bond donors (Lipinski definition) is 2. The summed E-state index contributed by atoms with van der Waals surface area (Å²) in [5.41, 5.74) is 2.78. The second-order valence-corrected chi connectivity index (χ2v) is 7.12. The van der Waals surface area contributed by atoms with Crippen LogP contribution in [0.5, 0.6) is 0 Å². The van der Waals surface area contributed by atoms with E-state index in [-0.39, 0.29) is 6.03 Å². The van der Waals surface area contributed by atoms with Gasteiger partial charge in [0.15, 0.2) is 0 Å². The highest BCUT2D eigenvalue weighted by Crippen LogP contribution is 2.09. The zero-order valence-electron chi connectivity index (χ0n) is 16.7. The topological polar surface area (TPSA) is 41.1 Å². The molecule has 0 atom stereocenters. The number of allylic oxidation sites excluding steroid dienone is 4. The van der Waals surface area contributed by atoms with Crippen LogP contribution in [0.15, 0.2) is 60.3 Å². The van der Waals surface area contributed by atoms with Crippen LogP contribution in [0.2, 0.25) is 5.02 Å². The van der Waals surface area contributed by atoms with Gasteiger partial charge in [-0.15, -0.1) is 0 Å². The van der Waals surface area contributed by atoms with E-state index < -0.39 is 0 Å². The van der Waals surface area contributed by atoms with Crippen LogP contribution in [0.4, 0.5) is 4.79 Å². The summed E-state index contributed by atoms with van der Waals surface area (Å²) in [6.45, 7) is 14.8. The van der Waals surface area contributed by atoms with Gasteiger partial charge in [-0.2, -0.15) is 0 Å². The van der Waals surface area contributed by atoms with E-state index in [2.05, 4.69) is 38.0 Å². The molecule has 0 fully saturated rings. The first-order chi connectivity index (χ1) is 12.3. The van der Waals surface area contributed by atoms with Crippen molar-refractivity contribution in [2.75, 3.05) is 0 Å². The molecule has 0 heterocycles. The normalized spacial score (nSPS) is 10.5. The molecule has 2 amide bonds. The van der Waals surface area contributed by atoms with E-state index in [9.17, 15) is 4.79 Å². The van der Waals surface area contributed by atoms with Crippen molar-refractivity contribution in [3.63, 3.8) is 0 Å². The van der Waals surface area contributed by atoms with Crippen molar-refractivity contribution >= 4 is 17.6 Å².